The first-order valence-corrected chi connectivity index (χ1v) is 5.36. The summed E-state index contributed by atoms with van der Waals surface area (Å²) in [5, 5.41) is 9.41. The monoisotopic (exact) mass is 221 g/mol. The standard InChI is InChI=1S/C13H19NO2/c1-5-7-11-9-13(12(15)16,14(3)4)8-10(11)6-2/h5-7H,1,8-9H2,2-4H3,(H,15,16). The first-order chi connectivity index (χ1) is 7.47. The fraction of sp³-hybridized carbons (Fsp3) is 0.462. The Morgan fingerprint density at radius 3 is 2.38 bits per heavy atom. The maximum Gasteiger partial charge on any atom is 0.324 e. The minimum Gasteiger partial charge on any atom is -0.480 e. The number of likely N-dealkylation sites (N-methyl/N-ethyl adjacent to an activating group) is 1. The maximum absolute atomic E-state index is 11.5. The lowest BCUT2D eigenvalue weighted by Crippen LogP contribution is -2.48. The zero-order valence-corrected chi connectivity index (χ0v) is 10.2. The van der Waals surface area contributed by atoms with E-state index in [2.05, 4.69) is 6.58 Å². The van der Waals surface area contributed by atoms with Crippen LogP contribution in [-0.4, -0.2) is 35.6 Å². The van der Waals surface area contributed by atoms with E-state index in [1.54, 1.807) is 11.0 Å². The van der Waals surface area contributed by atoms with Crippen molar-refractivity contribution in [2.24, 2.45) is 0 Å². The molecule has 0 amide bonds. The second kappa shape index (κ2) is 4.66. The molecule has 1 unspecified atom stereocenters. The van der Waals surface area contributed by atoms with Gasteiger partial charge in [0.2, 0.25) is 0 Å². The predicted octanol–water partition coefficient (Wildman–Crippen LogP) is 2.22. The van der Waals surface area contributed by atoms with E-state index in [9.17, 15) is 9.90 Å². The van der Waals surface area contributed by atoms with Crippen molar-refractivity contribution in [3.63, 3.8) is 0 Å². The number of carbonyl (C=O) groups is 1. The molecule has 0 aromatic heterocycles. The van der Waals surface area contributed by atoms with Gasteiger partial charge in [-0.3, -0.25) is 9.69 Å². The first kappa shape index (κ1) is 12.7. The summed E-state index contributed by atoms with van der Waals surface area (Å²) in [4.78, 5) is 13.2. The molecule has 3 nitrogen and oxygen atoms in total. The fourth-order valence-corrected chi connectivity index (χ4v) is 2.17. The highest BCUT2D eigenvalue weighted by atomic mass is 16.4. The normalized spacial score (nSPS) is 30.2. The molecule has 16 heavy (non-hydrogen) atoms. The van der Waals surface area contributed by atoms with E-state index in [-0.39, 0.29) is 0 Å². The minimum absolute atomic E-state index is 0.543. The zero-order valence-electron chi connectivity index (χ0n) is 10.2. The molecule has 88 valence electrons. The smallest absolute Gasteiger partial charge is 0.324 e. The average Bonchev–Trinajstić information content (AvgIpc) is 2.59. The Morgan fingerprint density at radius 2 is 2.00 bits per heavy atom. The van der Waals surface area contributed by atoms with Crippen LogP contribution in [0.15, 0.2) is 36.0 Å². The highest BCUT2D eigenvalue weighted by Gasteiger charge is 2.47. The largest absolute Gasteiger partial charge is 0.480 e. The average molecular weight is 221 g/mol. The van der Waals surface area contributed by atoms with E-state index in [0.29, 0.717) is 12.8 Å². The molecule has 0 spiro atoms. The molecule has 0 radical (unpaired) electrons. The lowest BCUT2D eigenvalue weighted by Gasteiger charge is -2.31. The van der Waals surface area contributed by atoms with Gasteiger partial charge in [0.1, 0.15) is 5.54 Å². The van der Waals surface area contributed by atoms with E-state index < -0.39 is 11.5 Å². The van der Waals surface area contributed by atoms with Gasteiger partial charge in [0.15, 0.2) is 0 Å². The first-order valence-electron chi connectivity index (χ1n) is 5.36. The summed E-state index contributed by atoms with van der Waals surface area (Å²) in [6.07, 6.45) is 6.71. The Morgan fingerprint density at radius 1 is 1.44 bits per heavy atom. The number of hydrogen-bond acceptors (Lipinski definition) is 2. The molecule has 0 bridgehead atoms. The SMILES string of the molecule is C=CC=C1CC(C(=O)O)(N(C)C)CC1=CC. The molecule has 1 saturated carbocycles. The summed E-state index contributed by atoms with van der Waals surface area (Å²) in [6, 6.07) is 0. The maximum atomic E-state index is 11.5. The molecule has 0 saturated heterocycles. The van der Waals surface area contributed by atoms with Crippen LogP contribution in [0.1, 0.15) is 19.8 Å². The Bertz CT molecular complexity index is 366. The molecular weight excluding hydrogens is 202 g/mol. The second-order valence-electron chi connectivity index (χ2n) is 4.33. The third kappa shape index (κ3) is 1.95. The number of rotatable bonds is 3. The van der Waals surface area contributed by atoms with Crippen LogP contribution in [0.5, 0.6) is 0 Å². The lowest BCUT2D eigenvalue weighted by atomic mass is 9.95. The fourth-order valence-electron chi connectivity index (χ4n) is 2.17. The van der Waals surface area contributed by atoms with Crippen molar-refractivity contribution in [3.05, 3.63) is 36.0 Å². The highest BCUT2D eigenvalue weighted by Crippen LogP contribution is 2.41. The molecular formula is C13H19NO2. The van der Waals surface area contributed by atoms with Crippen molar-refractivity contribution in [3.8, 4) is 0 Å². The van der Waals surface area contributed by atoms with E-state index in [1.165, 1.54) is 0 Å². The summed E-state index contributed by atoms with van der Waals surface area (Å²) in [6.45, 7) is 5.61. The summed E-state index contributed by atoms with van der Waals surface area (Å²) < 4.78 is 0. The van der Waals surface area contributed by atoms with Crippen molar-refractivity contribution in [2.75, 3.05) is 14.1 Å². The van der Waals surface area contributed by atoms with Gasteiger partial charge in [0, 0.05) is 12.8 Å². The lowest BCUT2D eigenvalue weighted by molar-refractivity contribution is -0.149. The number of aliphatic carboxylic acids is 1. The van der Waals surface area contributed by atoms with Crippen LogP contribution in [0.2, 0.25) is 0 Å². The summed E-state index contributed by atoms with van der Waals surface area (Å²) in [5.74, 6) is -0.760. The van der Waals surface area contributed by atoms with Crippen molar-refractivity contribution in [1.82, 2.24) is 4.90 Å². The molecule has 0 aromatic carbocycles. The Kier molecular flexibility index (Phi) is 3.70. The molecule has 3 heteroatoms. The molecule has 1 N–H and O–H groups in total. The molecule has 1 atom stereocenters. The van der Waals surface area contributed by atoms with Crippen molar-refractivity contribution in [1.29, 1.82) is 0 Å². The molecule has 1 rings (SSSR count). The van der Waals surface area contributed by atoms with Gasteiger partial charge >= 0.3 is 5.97 Å². The Balaban J connectivity index is 3.17. The molecule has 0 aliphatic heterocycles. The van der Waals surface area contributed by atoms with Gasteiger partial charge in [-0.15, -0.1) is 0 Å². The van der Waals surface area contributed by atoms with Crippen LogP contribution in [0, 0.1) is 0 Å². The van der Waals surface area contributed by atoms with Crippen LogP contribution < -0.4 is 0 Å². The third-order valence-corrected chi connectivity index (χ3v) is 3.30. The zero-order chi connectivity index (χ0) is 12.3. The van der Waals surface area contributed by atoms with Crippen LogP contribution in [0.3, 0.4) is 0 Å². The van der Waals surface area contributed by atoms with Gasteiger partial charge in [-0.25, -0.2) is 0 Å². The second-order valence-corrected chi connectivity index (χ2v) is 4.33. The number of hydrogen-bond donors (Lipinski definition) is 1. The van der Waals surface area contributed by atoms with E-state index in [1.807, 2.05) is 33.2 Å². The van der Waals surface area contributed by atoms with Crippen LogP contribution in [-0.2, 0) is 4.79 Å². The van der Waals surface area contributed by atoms with Crippen molar-refractivity contribution < 1.29 is 9.90 Å². The van der Waals surface area contributed by atoms with Gasteiger partial charge in [-0.1, -0.05) is 24.8 Å². The topological polar surface area (TPSA) is 40.5 Å². The van der Waals surface area contributed by atoms with Gasteiger partial charge < -0.3 is 5.11 Å². The van der Waals surface area contributed by atoms with Gasteiger partial charge in [-0.2, -0.15) is 0 Å². The van der Waals surface area contributed by atoms with Crippen molar-refractivity contribution in [2.45, 2.75) is 25.3 Å². The van der Waals surface area contributed by atoms with Gasteiger partial charge in [0.25, 0.3) is 0 Å². The molecule has 0 aromatic rings. The predicted molar refractivity (Wildman–Crippen MR) is 65.3 cm³/mol. The Hall–Kier alpha value is -1.35. The number of allylic oxidation sites excluding steroid dienone is 3. The van der Waals surface area contributed by atoms with Crippen LogP contribution >= 0.6 is 0 Å². The minimum atomic E-state index is -0.795. The summed E-state index contributed by atoms with van der Waals surface area (Å²) in [7, 11) is 3.64. The quantitative estimate of drug-likeness (QED) is 0.794. The molecule has 1 aliphatic carbocycles. The van der Waals surface area contributed by atoms with Crippen LogP contribution in [0.25, 0.3) is 0 Å². The molecule has 0 heterocycles. The summed E-state index contributed by atoms with van der Waals surface area (Å²) in [5.41, 5.74) is 1.39. The summed E-state index contributed by atoms with van der Waals surface area (Å²) >= 11 is 0. The van der Waals surface area contributed by atoms with Crippen molar-refractivity contribution >= 4 is 5.97 Å². The van der Waals surface area contributed by atoms with Gasteiger partial charge in [0.05, 0.1) is 0 Å². The highest BCUT2D eigenvalue weighted by molar-refractivity contribution is 5.82. The van der Waals surface area contributed by atoms with E-state index in [0.717, 1.165) is 11.1 Å². The van der Waals surface area contributed by atoms with E-state index in [4.69, 9.17) is 0 Å². The Labute approximate surface area is 96.8 Å². The van der Waals surface area contributed by atoms with Gasteiger partial charge in [-0.05, 0) is 32.2 Å². The number of nitrogens with zero attached hydrogens (tertiary/aromatic N) is 1. The third-order valence-electron chi connectivity index (χ3n) is 3.30. The van der Waals surface area contributed by atoms with E-state index >= 15 is 0 Å². The molecule has 1 fully saturated rings. The molecule has 1 aliphatic rings. The van der Waals surface area contributed by atoms with Crippen LogP contribution in [0.4, 0.5) is 0 Å². The number of carboxylic acids is 1. The number of carboxylic acid groups (broad SMARTS) is 1.